The number of carbonyl (C=O) groups excluding carboxylic acids is 1. The first-order chi connectivity index (χ1) is 14.5. The molecule has 1 aromatic heterocycles. The lowest BCUT2D eigenvalue weighted by Gasteiger charge is -2.37. The van der Waals surface area contributed by atoms with Gasteiger partial charge in [-0.05, 0) is 36.1 Å². The monoisotopic (exact) mass is 405 g/mol. The van der Waals surface area contributed by atoms with Crippen LogP contribution in [0, 0.1) is 5.92 Å². The number of fused-ring (bicyclic) bond motifs is 1. The maximum Gasteiger partial charge on any atom is 0.232 e. The fourth-order valence-corrected chi connectivity index (χ4v) is 4.04. The summed E-state index contributed by atoms with van der Waals surface area (Å²) in [5, 5.41) is 10.8. The first-order valence-electron chi connectivity index (χ1n) is 10.2. The van der Waals surface area contributed by atoms with Crippen LogP contribution in [0.5, 0.6) is 5.75 Å². The third-order valence-corrected chi connectivity index (χ3v) is 5.68. The summed E-state index contributed by atoms with van der Waals surface area (Å²) >= 11 is 0. The van der Waals surface area contributed by atoms with Crippen LogP contribution in [-0.4, -0.2) is 33.8 Å². The molecule has 156 valence electrons. The van der Waals surface area contributed by atoms with Crippen LogP contribution >= 0.6 is 0 Å². The summed E-state index contributed by atoms with van der Waals surface area (Å²) in [5.74, 6) is 1.24. The van der Waals surface area contributed by atoms with Gasteiger partial charge in [0.05, 0.1) is 24.8 Å². The second-order valence-electron chi connectivity index (χ2n) is 7.94. The SMILES string of the molecule is COc1ccccc1NC(=O)[C@H]1[C@H](C)Nc2ncnn2[C@H]1c1ccc(C(C)C)cc1. The van der Waals surface area contributed by atoms with Gasteiger partial charge in [-0.1, -0.05) is 50.2 Å². The fraction of sp³-hybridized carbons (Fsp3) is 0.348. The molecule has 30 heavy (non-hydrogen) atoms. The van der Waals surface area contributed by atoms with Crippen LogP contribution < -0.4 is 15.4 Å². The quantitative estimate of drug-likeness (QED) is 0.669. The van der Waals surface area contributed by atoms with Gasteiger partial charge in [-0.25, -0.2) is 4.68 Å². The molecule has 7 heteroatoms. The van der Waals surface area contributed by atoms with Crippen molar-refractivity contribution in [3.8, 4) is 5.75 Å². The Morgan fingerprint density at radius 2 is 1.90 bits per heavy atom. The zero-order valence-corrected chi connectivity index (χ0v) is 17.7. The van der Waals surface area contributed by atoms with Crippen LogP contribution in [-0.2, 0) is 4.79 Å². The molecule has 0 bridgehead atoms. The topological polar surface area (TPSA) is 81.1 Å². The van der Waals surface area contributed by atoms with Crippen molar-refractivity contribution in [1.82, 2.24) is 14.8 Å². The minimum Gasteiger partial charge on any atom is -0.495 e. The van der Waals surface area contributed by atoms with Crippen molar-refractivity contribution in [3.05, 3.63) is 66.0 Å². The maximum atomic E-state index is 13.5. The Bertz CT molecular complexity index is 1030. The number of hydrogen-bond acceptors (Lipinski definition) is 5. The van der Waals surface area contributed by atoms with Gasteiger partial charge < -0.3 is 15.4 Å². The highest BCUT2D eigenvalue weighted by Crippen LogP contribution is 2.37. The number of aromatic nitrogens is 3. The summed E-state index contributed by atoms with van der Waals surface area (Å²) in [6.07, 6.45) is 1.52. The van der Waals surface area contributed by atoms with Crippen LogP contribution in [0.2, 0.25) is 0 Å². The van der Waals surface area contributed by atoms with Crippen molar-refractivity contribution < 1.29 is 9.53 Å². The Labute approximate surface area is 176 Å². The number of methoxy groups -OCH3 is 1. The molecule has 1 amide bonds. The number of benzene rings is 2. The van der Waals surface area contributed by atoms with Crippen molar-refractivity contribution in [2.45, 2.75) is 38.8 Å². The lowest BCUT2D eigenvalue weighted by Crippen LogP contribution is -2.46. The van der Waals surface area contributed by atoms with Crippen molar-refractivity contribution in [2.24, 2.45) is 5.92 Å². The van der Waals surface area contributed by atoms with E-state index in [2.05, 4.69) is 58.8 Å². The minimum absolute atomic E-state index is 0.0985. The molecule has 2 aromatic carbocycles. The molecule has 0 unspecified atom stereocenters. The lowest BCUT2D eigenvalue weighted by atomic mass is 9.84. The van der Waals surface area contributed by atoms with Crippen LogP contribution in [0.15, 0.2) is 54.9 Å². The van der Waals surface area contributed by atoms with E-state index in [4.69, 9.17) is 4.74 Å². The minimum atomic E-state index is -0.394. The standard InChI is InChI=1S/C23H27N5O2/c1-14(2)16-9-11-17(12-10-16)21-20(15(3)26-23-24-13-25-28(21)23)22(29)27-18-7-5-6-8-19(18)30-4/h5-15,20-21H,1-4H3,(H,27,29)(H,24,25,26)/t15-,20-,21-/m0/s1. The third kappa shape index (κ3) is 3.63. The Morgan fingerprint density at radius 3 is 2.60 bits per heavy atom. The van der Waals surface area contributed by atoms with Gasteiger partial charge in [-0.3, -0.25) is 4.79 Å². The first-order valence-corrected chi connectivity index (χ1v) is 10.2. The highest BCUT2D eigenvalue weighted by atomic mass is 16.5. The van der Waals surface area contributed by atoms with E-state index in [1.54, 1.807) is 11.8 Å². The van der Waals surface area contributed by atoms with E-state index < -0.39 is 5.92 Å². The first kappa shape index (κ1) is 19.9. The molecule has 0 saturated carbocycles. The number of carbonyl (C=O) groups is 1. The smallest absolute Gasteiger partial charge is 0.232 e. The molecule has 4 rings (SSSR count). The van der Waals surface area contributed by atoms with E-state index in [0.29, 0.717) is 23.3 Å². The summed E-state index contributed by atoms with van der Waals surface area (Å²) in [6, 6.07) is 15.4. The van der Waals surface area contributed by atoms with E-state index in [1.807, 2.05) is 31.2 Å². The van der Waals surface area contributed by atoms with E-state index in [0.717, 1.165) is 5.56 Å². The molecule has 0 fully saturated rings. The molecule has 2 heterocycles. The molecule has 0 aliphatic carbocycles. The summed E-state index contributed by atoms with van der Waals surface area (Å²) in [5.41, 5.74) is 2.93. The van der Waals surface area contributed by atoms with Crippen molar-refractivity contribution in [3.63, 3.8) is 0 Å². The van der Waals surface area contributed by atoms with E-state index in [1.165, 1.54) is 11.9 Å². The molecule has 2 N–H and O–H groups in total. The number of para-hydroxylation sites is 2. The zero-order chi connectivity index (χ0) is 21.3. The van der Waals surface area contributed by atoms with Gasteiger partial charge in [0.1, 0.15) is 12.1 Å². The van der Waals surface area contributed by atoms with Crippen LogP contribution in [0.25, 0.3) is 0 Å². The van der Waals surface area contributed by atoms with E-state index >= 15 is 0 Å². The van der Waals surface area contributed by atoms with Gasteiger partial charge in [-0.15, -0.1) is 0 Å². The highest BCUT2D eigenvalue weighted by molar-refractivity contribution is 5.95. The number of hydrogen-bond donors (Lipinski definition) is 2. The lowest BCUT2D eigenvalue weighted by molar-refractivity contribution is -0.121. The predicted octanol–water partition coefficient (Wildman–Crippen LogP) is 4.07. The molecule has 0 saturated heterocycles. The molecule has 1 aliphatic heterocycles. The Balaban J connectivity index is 1.71. The normalized spacial score (nSPS) is 20.4. The highest BCUT2D eigenvalue weighted by Gasteiger charge is 2.41. The van der Waals surface area contributed by atoms with Gasteiger partial charge >= 0.3 is 0 Å². The van der Waals surface area contributed by atoms with Gasteiger partial charge in [0.2, 0.25) is 11.9 Å². The number of ether oxygens (including phenoxy) is 1. The largest absolute Gasteiger partial charge is 0.495 e. The molecule has 7 nitrogen and oxygen atoms in total. The average Bonchev–Trinajstić information content (AvgIpc) is 3.21. The third-order valence-electron chi connectivity index (χ3n) is 5.68. The molecular weight excluding hydrogens is 378 g/mol. The molecule has 0 radical (unpaired) electrons. The van der Waals surface area contributed by atoms with Crippen LogP contribution in [0.1, 0.15) is 43.9 Å². The van der Waals surface area contributed by atoms with Gasteiger partial charge in [0.15, 0.2) is 0 Å². The van der Waals surface area contributed by atoms with Crippen molar-refractivity contribution >= 4 is 17.5 Å². The number of anilines is 2. The van der Waals surface area contributed by atoms with Gasteiger partial charge in [-0.2, -0.15) is 10.1 Å². The van der Waals surface area contributed by atoms with Crippen LogP contribution in [0.4, 0.5) is 11.6 Å². The number of amides is 1. The number of rotatable bonds is 5. The van der Waals surface area contributed by atoms with Crippen molar-refractivity contribution in [1.29, 1.82) is 0 Å². The molecule has 0 spiro atoms. The number of nitrogens with zero attached hydrogens (tertiary/aromatic N) is 3. The fourth-order valence-electron chi connectivity index (χ4n) is 4.04. The Kier molecular flexibility index (Phi) is 5.44. The van der Waals surface area contributed by atoms with E-state index in [9.17, 15) is 4.79 Å². The van der Waals surface area contributed by atoms with Crippen LogP contribution in [0.3, 0.4) is 0 Å². The maximum absolute atomic E-state index is 13.5. The summed E-state index contributed by atoms with van der Waals surface area (Å²) in [7, 11) is 1.59. The van der Waals surface area contributed by atoms with Gasteiger partial charge in [0, 0.05) is 6.04 Å². The second kappa shape index (κ2) is 8.18. The number of nitrogens with one attached hydrogen (secondary N) is 2. The second-order valence-corrected chi connectivity index (χ2v) is 7.94. The average molecular weight is 406 g/mol. The summed E-state index contributed by atoms with van der Waals surface area (Å²) < 4.78 is 7.20. The van der Waals surface area contributed by atoms with Crippen molar-refractivity contribution in [2.75, 3.05) is 17.7 Å². The zero-order valence-electron chi connectivity index (χ0n) is 17.7. The summed E-state index contributed by atoms with van der Waals surface area (Å²) in [6.45, 7) is 6.33. The molecule has 1 aliphatic rings. The molecular formula is C23H27N5O2. The Hall–Kier alpha value is -3.35. The van der Waals surface area contributed by atoms with E-state index in [-0.39, 0.29) is 18.0 Å². The molecule has 3 aromatic rings. The molecule has 3 atom stereocenters. The van der Waals surface area contributed by atoms with Gasteiger partial charge in [0.25, 0.3) is 0 Å². The Morgan fingerprint density at radius 1 is 1.17 bits per heavy atom. The predicted molar refractivity (Wildman–Crippen MR) is 117 cm³/mol. The summed E-state index contributed by atoms with van der Waals surface area (Å²) in [4.78, 5) is 17.8.